The molecule has 0 saturated carbocycles. The fourth-order valence-electron chi connectivity index (χ4n) is 9.44. The van der Waals surface area contributed by atoms with Crippen LogP contribution in [-0.4, -0.2) is 0 Å². The van der Waals surface area contributed by atoms with Crippen molar-refractivity contribution in [3.8, 4) is 33.4 Å². The fourth-order valence-corrected chi connectivity index (χ4v) is 9.44. The van der Waals surface area contributed by atoms with Crippen LogP contribution in [0.3, 0.4) is 0 Å². The van der Waals surface area contributed by atoms with Gasteiger partial charge in [-0.1, -0.05) is 148 Å². The summed E-state index contributed by atoms with van der Waals surface area (Å²) in [5.41, 5.74) is 13.3. The molecule has 3 heterocycles. The maximum Gasteiger partial charge on any atom is 0.139 e. The maximum atomic E-state index is 6.85. The summed E-state index contributed by atoms with van der Waals surface area (Å²) in [7, 11) is 0. The van der Waals surface area contributed by atoms with Crippen molar-refractivity contribution >= 4 is 87.4 Å². The Morgan fingerprint density at radius 3 is 1.19 bits per heavy atom. The zero-order valence-electron chi connectivity index (χ0n) is 31.8. The Labute approximate surface area is 328 Å². The Balaban J connectivity index is 1.25. The molecule has 9 aromatic carbocycles. The van der Waals surface area contributed by atoms with Gasteiger partial charge in [0.15, 0.2) is 0 Å². The van der Waals surface area contributed by atoms with E-state index in [0.717, 1.165) is 82.5 Å². The van der Waals surface area contributed by atoms with Gasteiger partial charge in [0.25, 0.3) is 0 Å². The van der Waals surface area contributed by atoms with E-state index in [1.807, 2.05) is 24.3 Å². The number of furan rings is 3. The first-order valence-electron chi connectivity index (χ1n) is 19.7. The minimum atomic E-state index is 0.0671. The van der Waals surface area contributed by atoms with Gasteiger partial charge in [-0.2, -0.15) is 0 Å². The smallest absolute Gasteiger partial charge is 0.139 e. The van der Waals surface area contributed by atoms with E-state index < -0.39 is 0 Å². The first kappa shape index (κ1) is 32.2. The van der Waals surface area contributed by atoms with E-state index >= 15 is 0 Å². The van der Waals surface area contributed by atoms with Gasteiger partial charge in [0.1, 0.15) is 33.5 Å². The highest BCUT2D eigenvalue weighted by molar-refractivity contribution is 6.29. The van der Waals surface area contributed by atoms with E-state index in [1.54, 1.807) is 0 Å². The largest absolute Gasteiger partial charge is 0.456 e. The lowest BCUT2D eigenvalue weighted by Crippen LogP contribution is -2.10. The number of hydrogen-bond acceptors (Lipinski definition) is 3. The van der Waals surface area contributed by atoms with Crippen LogP contribution in [0.1, 0.15) is 26.3 Å². The lowest BCUT2D eigenvalue weighted by Gasteiger charge is -2.21. The van der Waals surface area contributed by atoms with Gasteiger partial charge in [-0.3, -0.25) is 0 Å². The first-order valence-corrected chi connectivity index (χ1v) is 19.7. The average Bonchev–Trinajstić information content (AvgIpc) is 3.92. The maximum absolute atomic E-state index is 6.85. The molecule has 0 N–H and O–H groups in total. The van der Waals surface area contributed by atoms with Crippen molar-refractivity contribution < 1.29 is 13.3 Å². The van der Waals surface area contributed by atoms with Gasteiger partial charge in [0.05, 0.1) is 0 Å². The minimum Gasteiger partial charge on any atom is -0.456 e. The van der Waals surface area contributed by atoms with Crippen molar-refractivity contribution in [1.82, 2.24) is 0 Å². The number of hydrogen-bond donors (Lipinski definition) is 0. The van der Waals surface area contributed by atoms with Crippen LogP contribution < -0.4 is 0 Å². The molecular formula is C54H36O3. The third-order valence-corrected chi connectivity index (χ3v) is 12.0. The molecule has 3 aromatic heterocycles. The van der Waals surface area contributed by atoms with E-state index in [0.29, 0.717) is 0 Å². The Morgan fingerprint density at radius 1 is 0.316 bits per heavy atom. The molecule has 270 valence electrons. The van der Waals surface area contributed by atoms with Crippen molar-refractivity contribution in [1.29, 1.82) is 0 Å². The van der Waals surface area contributed by atoms with Crippen LogP contribution in [0.2, 0.25) is 0 Å². The molecule has 0 aliphatic heterocycles. The van der Waals surface area contributed by atoms with E-state index in [1.165, 1.54) is 43.8 Å². The van der Waals surface area contributed by atoms with Crippen LogP contribution in [0.4, 0.5) is 0 Å². The van der Waals surface area contributed by atoms with Crippen molar-refractivity contribution in [3.63, 3.8) is 0 Å². The average molecular weight is 733 g/mol. The van der Waals surface area contributed by atoms with Crippen molar-refractivity contribution in [3.05, 3.63) is 169 Å². The fraction of sp³-hybridized carbons (Fsp3) is 0.0741. The van der Waals surface area contributed by atoms with Crippen LogP contribution in [-0.2, 0) is 5.41 Å². The molecule has 57 heavy (non-hydrogen) atoms. The molecule has 0 spiro atoms. The van der Waals surface area contributed by atoms with Gasteiger partial charge in [-0.05, 0) is 90.7 Å². The van der Waals surface area contributed by atoms with Crippen LogP contribution in [0.15, 0.2) is 177 Å². The predicted octanol–water partition coefficient (Wildman–Crippen LogP) is 16.0. The van der Waals surface area contributed by atoms with Gasteiger partial charge in [-0.25, -0.2) is 0 Å². The third-order valence-electron chi connectivity index (χ3n) is 12.0. The molecule has 3 nitrogen and oxygen atoms in total. The van der Waals surface area contributed by atoms with Gasteiger partial charge in [0, 0.05) is 43.9 Å². The second-order valence-corrected chi connectivity index (χ2v) is 16.4. The van der Waals surface area contributed by atoms with Crippen LogP contribution in [0.5, 0.6) is 0 Å². The summed E-state index contributed by atoms with van der Waals surface area (Å²) < 4.78 is 20.0. The lowest BCUT2D eigenvalue weighted by atomic mass is 9.82. The second-order valence-electron chi connectivity index (χ2n) is 16.4. The molecule has 0 unspecified atom stereocenters. The monoisotopic (exact) mass is 732 g/mol. The molecule has 0 aliphatic rings. The van der Waals surface area contributed by atoms with Gasteiger partial charge in [0.2, 0.25) is 0 Å². The third kappa shape index (κ3) is 4.66. The molecule has 12 aromatic rings. The summed E-state index contributed by atoms with van der Waals surface area (Å²) in [4.78, 5) is 0. The molecule has 0 fully saturated rings. The SMILES string of the molecule is CC(C)(C)c1ccc(-c2c3ccccc3c(-c3cc(-c4c5c(cc6oc7ccccc7c46)oc4ccccc45)cc4oc5ccccc5c34)c3ccccc23)cc1. The normalized spacial score (nSPS) is 12.5. The summed E-state index contributed by atoms with van der Waals surface area (Å²) in [6, 6.07) is 58.7. The van der Waals surface area contributed by atoms with Crippen molar-refractivity contribution in [2.24, 2.45) is 0 Å². The predicted molar refractivity (Wildman–Crippen MR) is 238 cm³/mol. The van der Waals surface area contributed by atoms with Crippen LogP contribution in [0, 0.1) is 0 Å². The summed E-state index contributed by atoms with van der Waals surface area (Å²) in [5.74, 6) is 0. The Kier molecular flexibility index (Phi) is 6.61. The quantitative estimate of drug-likeness (QED) is 0.170. The summed E-state index contributed by atoms with van der Waals surface area (Å²) in [6.07, 6.45) is 0. The Morgan fingerprint density at radius 2 is 0.719 bits per heavy atom. The zero-order valence-corrected chi connectivity index (χ0v) is 31.8. The first-order chi connectivity index (χ1) is 27.9. The molecule has 0 atom stereocenters. The van der Waals surface area contributed by atoms with Crippen LogP contribution >= 0.6 is 0 Å². The van der Waals surface area contributed by atoms with Gasteiger partial charge >= 0.3 is 0 Å². The number of para-hydroxylation sites is 3. The second kappa shape index (κ2) is 11.7. The molecular weight excluding hydrogens is 697 g/mol. The summed E-state index contributed by atoms with van der Waals surface area (Å²) in [6.45, 7) is 6.81. The Hall–Kier alpha value is -7.10. The molecule has 0 saturated heterocycles. The minimum absolute atomic E-state index is 0.0671. The number of fused-ring (bicyclic) bond motifs is 11. The number of rotatable bonds is 3. The van der Waals surface area contributed by atoms with E-state index in [2.05, 4.69) is 160 Å². The van der Waals surface area contributed by atoms with Crippen molar-refractivity contribution in [2.45, 2.75) is 26.2 Å². The van der Waals surface area contributed by atoms with Gasteiger partial charge < -0.3 is 13.3 Å². The van der Waals surface area contributed by atoms with Gasteiger partial charge in [-0.15, -0.1) is 0 Å². The molecule has 0 amide bonds. The highest BCUT2D eigenvalue weighted by Gasteiger charge is 2.26. The molecule has 12 rings (SSSR count). The molecule has 0 radical (unpaired) electrons. The van der Waals surface area contributed by atoms with E-state index in [9.17, 15) is 0 Å². The zero-order chi connectivity index (χ0) is 38.0. The Bertz CT molecular complexity index is 3460. The van der Waals surface area contributed by atoms with Crippen molar-refractivity contribution in [2.75, 3.05) is 0 Å². The topological polar surface area (TPSA) is 39.4 Å². The van der Waals surface area contributed by atoms with E-state index in [4.69, 9.17) is 13.3 Å². The lowest BCUT2D eigenvalue weighted by molar-refractivity contribution is 0.590. The number of benzene rings is 9. The molecule has 0 bridgehead atoms. The highest BCUT2D eigenvalue weighted by Crippen LogP contribution is 2.51. The highest BCUT2D eigenvalue weighted by atomic mass is 16.3. The molecule has 0 aliphatic carbocycles. The standard InChI is InChI=1S/C54H36O3/c1-54(2,3)33-26-24-31(25-27-33)48-34-14-4-6-16-36(34)50(37-17-7-5-15-35(37)48)41-28-32(29-45-51(41)38-18-8-11-21-42(38)55-45)49-52-39-19-9-12-22-43(39)56-46(52)30-47-53(49)40-20-10-13-23-44(40)57-47/h4-30H,1-3H3. The summed E-state index contributed by atoms with van der Waals surface area (Å²) >= 11 is 0. The van der Waals surface area contributed by atoms with Crippen LogP contribution in [0.25, 0.3) is 121 Å². The summed E-state index contributed by atoms with van der Waals surface area (Å²) in [5, 5.41) is 11.3. The van der Waals surface area contributed by atoms with E-state index in [-0.39, 0.29) is 5.41 Å². The molecule has 3 heteroatoms.